The molecule has 4 heteroatoms. The number of hydrogen-bond acceptors (Lipinski definition) is 2. The number of fused-ring (bicyclic) bond motifs is 2. The van der Waals surface area contributed by atoms with Crippen molar-refractivity contribution in [2.75, 3.05) is 0 Å². The van der Waals surface area contributed by atoms with Gasteiger partial charge in [0.1, 0.15) is 0 Å². The van der Waals surface area contributed by atoms with E-state index in [-0.39, 0.29) is 28.2 Å². The van der Waals surface area contributed by atoms with Crippen LogP contribution in [0.3, 0.4) is 0 Å². The van der Waals surface area contributed by atoms with Crippen LogP contribution in [0.1, 0.15) is 64.1 Å². The summed E-state index contributed by atoms with van der Waals surface area (Å²) in [5.41, 5.74) is 2.53. The van der Waals surface area contributed by atoms with Crippen molar-refractivity contribution in [1.82, 2.24) is 4.72 Å². The van der Waals surface area contributed by atoms with Crippen LogP contribution in [-0.4, -0.2) is 15.6 Å². The molecule has 0 aromatic heterocycles. The average molecular weight is 426 g/mol. The lowest BCUT2D eigenvalue weighted by molar-refractivity contribution is -0.0531. The maximum Gasteiger partial charge on any atom is 0.0982 e. The minimum atomic E-state index is -1.16. The van der Waals surface area contributed by atoms with E-state index in [0.29, 0.717) is 12.5 Å². The monoisotopic (exact) mass is 425 g/mol. The molecule has 1 N–H and O–H groups in total. The van der Waals surface area contributed by atoms with Crippen LogP contribution in [0.4, 0.5) is 0 Å². The first kappa shape index (κ1) is 21.7. The standard InChI is InChI=1S/C26H35NO2S/c1-5-22(20-14-10-7-11-15-20)27-30(28)23-21-16-17-26(4,25(21,2)3)24(23)29-18-19-12-8-6-9-13-19/h6-15,21-24,27H,5,16-18H2,1-4H3/t21-,22-,23-,24-,26+,30-/m1/s1. The van der Waals surface area contributed by atoms with Gasteiger partial charge in [-0.05, 0) is 41.7 Å². The molecule has 2 fully saturated rings. The molecule has 2 saturated carbocycles. The third-order valence-corrected chi connectivity index (χ3v) is 9.67. The van der Waals surface area contributed by atoms with Gasteiger partial charge in [0.25, 0.3) is 0 Å². The van der Waals surface area contributed by atoms with Gasteiger partial charge in [-0.3, -0.25) is 0 Å². The summed E-state index contributed by atoms with van der Waals surface area (Å²) in [6, 6.07) is 20.8. The van der Waals surface area contributed by atoms with Crippen LogP contribution < -0.4 is 4.72 Å². The predicted octanol–water partition coefficient (Wildman–Crippen LogP) is 5.80. The van der Waals surface area contributed by atoms with Gasteiger partial charge >= 0.3 is 0 Å². The minimum Gasteiger partial charge on any atom is -0.372 e. The predicted molar refractivity (Wildman–Crippen MR) is 124 cm³/mol. The summed E-state index contributed by atoms with van der Waals surface area (Å²) >= 11 is 0. The average Bonchev–Trinajstić information content (AvgIpc) is 3.09. The summed E-state index contributed by atoms with van der Waals surface area (Å²) in [5, 5.41) is 0.0141. The quantitative estimate of drug-likeness (QED) is 0.580. The molecule has 2 aromatic rings. The Kier molecular flexibility index (Phi) is 6.20. The van der Waals surface area contributed by atoms with Crippen LogP contribution in [0.2, 0.25) is 0 Å². The molecule has 0 radical (unpaired) electrons. The van der Waals surface area contributed by atoms with Gasteiger partial charge in [-0.25, -0.2) is 8.93 Å². The fourth-order valence-electron chi connectivity index (χ4n) is 5.81. The number of benzene rings is 2. The van der Waals surface area contributed by atoms with Gasteiger partial charge in [0, 0.05) is 11.5 Å². The zero-order valence-corrected chi connectivity index (χ0v) is 19.5. The molecular weight excluding hydrogens is 390 g/mol. The maximum atomic E-state index is 13.7. The maximum absolute atomic E-state index is 13.7. The molecule has 0 heterocycles. The Balaban J connectivity index is 1.56. The Morgan fingerprint density at radius 3 is 2.33 bits per heavy atom. The largest absolute Gasteiger partial charge is 0.372 e. The van der Waals surface area contributed by atoms with E-state index in [0.717, 1.165) is 19.3 Å². The van der Waals surface area contributed by atoms with Gasteiger partial charge < -0.3 is 4.74 Å². The summed E-state index contributed by atoms with van der Waals surface area (Å²) < 4.78 is 23.8. The zero-order valence-electron chi connectivity index (χ0n) is 18.6. The van der Waals surface area contributed by atoms with Crippen molar-refractivity contribution in [1.29, 1.82) is 0 Å². The van der Waals surface area contributed by atoms with Crippen LogP contribution in [0, 0.1) is 16.7 Å². The molecule has 6 atom stereocenters. The van der Waals surface area contributed by atoms with Crippen molar-refractivity contribution in [2.24, 2.45) is 16.7 Å². The SMILES string of the molecule is CC[C@@H](N[S@](=O)[C@@H]1[C@H]2CC[C@@](C)([C@@H]1OCc1ccccc1)C2(C)C)c1ccccc1. The van der Waals surface area contributed by atoms with Gasteiger partial charge in [-0.15, -0.1) is 0 Å². The summed E-state index contributed by atoms with van der Waals surface area (Å²) in [4.78, 5) is 0. The fourth-order valence-corrected chi connectivity index (χ4v) is 7.93. The van der Waals surface area contributed by atoms with E-state index in [4.69, 9.17) is 4.74 Å². The lowest BCUT2D eigenvalue weighted by Crippen LogP contribution is -2.46. The molecule has 2 bridgehead atoms. The molecule has 162 valence electrons. The second-order valence-electron chi connectivity index (χ2n) is 9.75. The van der Waals surface area contributed by atoms with Crippen molar-refractivity contribution in [3.8, 4) is 0 Å². The lowest BCUT2D eigenvalue weighted by Gasteiger charge is -2.40. The topological polar surface area (TPSA) is 38.3 Å². The van der Waals surface area contributed by atoms with E-state index < -0.39 is 11.0 Å². The summed E-state index contributed by atoms with van der Waals surface area (Å²) in [6.07, 6.45) is 3.18. The second kappa shape index (κ2) is 8.57. The Bertz CT molecular complexity index is 869. The van der Waals surface area contributed by atoms with Gasteiger partial charge in [-0.2, -0.15) is 0 Å². The zero-order chi connectivity index (χ0) is 21.4. The molecule has 2 aliphatic carbocycles. The molecule has 0 amide bonds. The molecule has 0 unspecified atom stereocenters. The van der Waals surface area contributed by atoms with E-state index in [1.54, 1.807) is 0 Å². The second-order valence-corrected chi connectivity index (χ2v) is 11.1. The molecule has 4 rings (SSSR count). The highest BCUT2D eigenvalue weighted by Gasteiger charge is 2.68. The van der Waals surface area contributed by atoms with E-state index in [2.05, 4.69) is 68.8 Å². The van der Waals surface area contributed by atoms with E-state index in [1.165, 1.54) is 11.1 Å². The Morgan fingerprint density at radius 2 is 1.70 bits per heavy atom. The van der Waals surface area contributed by atoms with Crippen molar-refractivity contribution in [3.63, 3.8) is 0 Å². The molecule has 0 aliphatic heterocycles. The third kappa shape index (κ3) is 3.68. The lowest BCUT2D eigenvalue weighted by atomic mass is 9.70. The highest BCUT2D eigenvalue weighted by Crippen LogP contribution is 2.67. The van der Waals surface area contributed by atoms with E-state index in [1.807, 2.05) is 24.3 Å². The van der Waals surface area contributed by atoms with Crippen LogP contribution in [-0.2, 0) is 22.3 Å². The van der Waals surface area contributed by atoms with E-state index >= 15 is 0 Å². The van der Waals surface area contributed by atoms with Gasteiger partial charge in [0.05, 0.1) is 28.9 Å². The summed E-state index contributed by atoms with van der Waals surface area (Å²) in [7, 11) is -1.16. The first-order valence-corrected chi connectivity index (χ1v) is 12.5. The van der Waals surface area contributed by atoms with Crippen molar-refractivity contribution >= 4 is 11.0 Å². The number of ether oxygens (including phenoxy) is 1. The summed E-state index contributed by atoms with van der Waals surface area (Å²) in [6.45, 7) is 9.80. The molecule has 0 saturated heterocycles. The summed E-state index contributed by atoms with van der Waals surface area (Å²) in [5.74, 6) is 0.407. The van der Waals surface area contributed by atoms with Gasteiger partial charge in [-0.1, -0.05) is 88.4 Å². The van der Waals surface area contributed by atoms with Gasteiger partial charge in [0.15, 0.2) is 0 Å². The molecular formula is C26H35NO2S. The smallest absolute Gasteiger partial charge is 0.0982 e. The van der Waals surface area contributed by atoms with Crippen LogP contribution in [0.25, 0.3) is 0 Å². The van der Waals surface area contributed by atoms with Crippen LogP contribution in [0.15, 0.2) is 60.7 Å². The minimum absolute atomic E-state index is 0.00642. The Morgan fingerprint density at radius 1 is 1.07 bits per heavy atom. The third-order valence-electron chi connectivity index (χ3n) is 8.08. The van der Waals surface area contributed by atoms with Crippen LogP contribution in [0.5, 0.6) is 0 Å². The van der Waals surface area contributed by atoms with E-state index in [9.17, 15) is 4.21 Å². The van der Waals surface area contributed by atoms with Gasteiger partial charge in [0.2, 0.25) is 0 Å². The highest BCUT2D eigenvalue weighted by molar-refractivity contribution is 7.83. The molecule has 2 aliphatic rings. The van der Waals surface area contributed by atoms with Crippen LogP contribution >= 0.6 is 0 Å². The molecule has 2 aromatic carbocycles. The Labute approximate surface area is 184 Å². The molecule has 3 nitrogen and oxygen atoms in total. The number of nitrogens with one attached hydrogen (secondary N) is 1. The number of rotatable bonds is 8. The number of hydrogen-bond donors (Lipinski definition) is 1. The van der Waals surface area contributed by atoms with Crippen molar-refractivity contribution in [3.05, 3.63) is 71.8 Å². The van der Waals surface area contributed by atoms with Crippen molar-refractivity contribution in [2.45, 2.75) is 71.0 Å². The normalized spacial score (nSPS) is 31.5. The first-order chi connectivity index (χ1) is 14.4. The molecule has 0 spiro atoms. The fraction of sp³-hybridized carbons (Fsp3) is 0.538. The van der Waals surface area contributed by atoms with Crippen molar-refractivity contribution < 1.29 is 8.95 Å². The molecule has 30 heavy (non-hydrogen) atoms. The highest BCUT2D eigenvalue weighted by atomic mass is 32.2. The Hall–Kier alpha value is -1.49. The first-order valence-electron chi connectivity index (χ1n) is 11.3.